The fourth-order valence-electron chi connectivity index (χ4n) is 3.21. The number of halogens is 1. The van der Waals surface area contributed by atoms with E-state index in [1.807, 2.05) is 60.3 Å². The number of aromatic nitrogens is 2. The van der Waals surface area contributed by atoms with E-state index in [1.54, 1.807) is 6.08 Å². The van der Waals surface area contributed by atoms with Gasteiger partial charge in [-0.1, -0.05) is 28.1 Å². The molecule has 2 heterocycles. The lowest BCUT2D eigenvalue weighted by Crippen LogP contribution is -2.32. The van der Waals surface area contributed by atoms with Crippen LogP contribution in [0.15, 0.2) is 65.4 Å². The van der Waals surface area contributed by atoms with Crippen molar-refractivity contribution < 1.29 is 4.79 Å². The molecule has 0 spiro atoms. The van der Waals surface area contributed by atoms with Crippen molar-refractivity contribution >= 4 is 61.7 Å². The number of benzene rings is 2. The highest BCUT2D eigenvalue weighted by Gasteiger charge is 2.09. The van der Waals surface area contributed by atoms with Crippen molar-refractivity contribution in [1.82, 2.24) is 14.9 Å². The topological polar surface area (TPSA) is 70.2 Å². The molecule has 0 saturated carbocycles. The summed E-state index contributed by atoms with van der Waals surface area (Å²) in [5.74, 6) is 2.87. The summed E-state index contributed by atoms with van der Waals surface area (Å²) in [6.45, 7) is 2.96. The van der Waals surface area contributed by atoms with Gasteiger partial charge in [0, 0.05) is 58.4 Å². The van der Waals surface area contributed by atoms with Crippen LogP contribution in [0, 0.1) is 0 Å². The van der Waals surface area contributed by atoms with E-state index in [4.69, 9.17) is 0 Å². The molecule has 2 aromatic carbocycles. The first-order valence-electron chi connectivity index (χ1n) is 9.72. The van der Waals surface area contributed by atoms with Crippen LogP contribution in [0.25, 0.3) is 10.9 Å². The van der Waals surface area contributed by atoms with E-state index in [1.165, 1.54) is 6.33 Å². The molecule has 0 atom stereocenters. The standard InChI is InChI=1S/C22H22BrN5OS/c23-16-3-1-4-17(13-16)27-22-19-14-18(6-7-20(19)24-15-25-22)26-21(29)5-2-8-28-9-11-30-12-10-28/h1-7,13-15H,8-12H2,(H,26,29)(H,24,25,27)/b5-2+/i21-1. The number of anilines is 3. The first kappa shape index (κ1) is 20.8. The number of fused-ring (bicyclic) bond motifs is 1. The van der Waals surface area contributed by atoms with Crippen LogP contribution in [-0.4, -0.2) is 51.9 Å². The van der Waals surface area contributed by atoms with Gasteiger partial charge in [-0.25, -0.2) is 9.97 Å². The van der Waals surface area contributed by atoms with E-state index >= 15 is 0 Å². The van der Waals surface area contributed by atoms with Gasteiger partial charge in [-0.3, -0.25) is 9.69 Å². The Bertz CT molecular complexity index is 1070. The first-order chi connectivity index (χ1) is 14.7. The predicted molar refractivity (Wildman–Crippen MR) is 128 cm³/mol. The molecule has 0 bridgehead atoms. The molecule has 1 aliphatic rings. The molecule has 0 unspecified atom stereocenters. The van der Waals surface area contributed by atoms with Gasteiger partial charge in [0.25, 0.3) is 0 Å². The minimum atomic E-state index is -0.140. The van der Waals surface area contributed by atoms with Crippen LogP contribution in [-0.2, 0) is 4.79 Å². The van der Waals surface area contributed by atoms with Crippen LogP contribution in [0.4, 0.5) is 17.2 Å². The molecule has 30 heavy (non-hydrogen) atoms. The number of carbonyl (C=O) groups is 1. The van der Waals surface area contributed by atoms with E-state index in [-0.39, 0.29) is 5.91 Å². The zero-order valence-corrected chi connectivity index (χ0v) is 18.7. The molecular formula is C22H22BrN5OS. The van der Waals surface area contributed by atoms with Gasteiger partial charge in [0.15, 0.2) is 0 Å². The van der Waals surface area contributed by atoms with Crippen molar-refractivity contribution in [3.8, 4) is 0 Å². The largest absolute Gasteiger partial charge is 0.340 e. The summed E-state index contributed by atoms with van der Waals surface area (Å²) in [5, 5.41) is 7.09. The van der Waals surface area contributed by atoms with Gasteiger partial charge < -0.3 is 10.6 Å². The van der Waals surface area contributed by atoms with Gasteiger partial charge in [0.2, 0.25) is 5.91 Å². The quantitative estimate of drug-likeness (QED) is 0.497. The molecule has 8 heteroatoms. The van der Waals surface area contributed by atoms with Crippen molar-refractivity contribution in [1.29, 1.82) is 0 Å². The summed E-state index contributed by atoms with van der Waals surface area (Å²) in [4.78, 5) is 23.4. The van der Waals surface area contributed by atoms with Crippen molar-refractivity contribution in [2.24, 2.45) is 0 Å². The zero-order chi connectivity index (χ0) is 20.8. The summed E-state index contributed by atoms with van der Waals surface area (Å²) in [5.41, 5.74) is 2.43. The number of thioether (sulfide) groups is 1. The SMILES string of the molecule is O=[11C](/C=C/CN1CCSCC1)Nc1ccc2ncnc(Nc3cccc(Br)c3)c2c1. The van der Waals surface area contributed by atoms with Crippen molar-refractivity contribution in [3.05, 3.63) is 65.4 Å². The lowest BCUT2D eigenvalue weighted by Gasteiger charge is -2.24. The molecule has 1 fully saturated rings. The molecule has 4 rings (SSSR count). The van der Waals surface area contributed by atoms with E-state index in [0.717, 1.165) is 52.2 Å². The predicted octanol–water partition coefficient (Wildman–Crippen LogP) is 4.68. The summed E-state index contributed by atoms with van der Waals surface area (Å²) < 4.78 is 0.980. The number of rotatable bonds is 6. The van der Waals surface area contributed by atoms with Crippen molar-refractivity contribution in [2.45, 2.75) is 0 Å². The van der Waals surface area contributed by atoms with Crippen LogP contribution in [0.5, 0.6) is 0 Å². The number of carbonyl (C=O) groups excluding carboxylic acids is 1. The minimum Gasteiger partial charge on any atom is -0.340 e. The Morgan fingerprint density at radius 3 is 2.83 bits per heavy atom. The molecule has 1 aliphatic heterocycles. The van der Waals surface area contributed by atoms with Crippen molar-refractivity contribution in [2.75, 3.05) is 41.8 Å². The Balaban J connectivity index is 1.46. The van der Waals surface area contributed by atoms with Crippen LogP contribution < -0.4 is 10.6 Å². The lowest BCUT2D eigenvalue weighted by molar-refractivity contribution is -0.111. The Morgan fingerprint density at radius 1 is 1.13 bits per heavy atom. The average molecular weight is 483 g/mol. The fourth-order valence-corrected chi connectivity index (χ4v) is 4.59. The van der Waals surface area contributed by atoms with Crippen LogP contribution >= 0.6 is 27.7 Å². The maximum Gasteiger partial charge on any atom is 0.248 e. The summed E-state index contributed by atoms with van der Waals surface area (Å²) in [6, 6.07) is 13.5. The Hall–Kier alpha value is -2.42. The average Bonchev–Trinajstić information content (AvgIpc) is 2.75. The highest BCUT2D eigenvalue weighted by atomic mass is 79.9. The molecule has 3 aromatic rings. The molecule has 0 radical (unpaired) electrons. The summed E-state index contributed by atoms with van der Waals surface area (Å²) in [7, 11) is 0. The molecule has 154 valence electrons. The van der Waals surface area contributed by atoms with E-state index in [0.29, 0.717) is 11.5 Å². The highest BCUT2D eigenvalue weighted by Crippen LogP contribution is 2.27. The van der Waals surface area contributed by atoms with E-state index in [9.17, 15) is 4.79 Å². The summed E-state index contributed by atoms with van der Waals surface area (Å²) in [6.07, 6.45) is 5.06. The number of nitrogens with zero attached hydrogens (tertiary/aromatic N) is 3. The smallest absolute Gasteiger partial charge is 0.248 e. The molecule has 6 nitrogen and oxygen atoms in total. The van der Waals surface area contributed by atoms with Gasteiger partial charge in [0.05, 0.1) is 5.52 Å². The van der Waals surface area contributed by atoms with Gasteiger partial charge in [-0.05, 0) is 36.4 Å². The molecule has 2 N–H and O–H groups in total. The first-order valence-corrected chi connectivity index (χ1v) is 11.7. The maximum absolute atomic E-state index is 12.3. The Labute approximate surface area is 188 Å². The normalized spacial score (nSPS) is 14.8. The van der Waals surface area contributed by atoms with Gasteiger partial charge >= 0.3 is 0 Å². The zero-order valence-electron chi connectivity index (χ0n) is 16.3. The van der Waals surface area contributed by atoms with Gasteiger partial charge in [0.1, 0.15) is 12.1 Å². The second kappa shape index (κ2) is 10.1. The maximum atomic E-state index is 12.3. The monoisotopic (exact) mass is 482 g/mol. The highest BCUT2D eigenvalue weighted by molar-refractivity contribution is 9.10. The van der Waals surface area contributed by atoms with Crippen LogP contribution in [0.3, 0.4) is 0 Å². The number of amides is 1. The van der Waals surface area contributed by atoms with E-state index in [2.05, 4.69) is 41.4 Å². The molecular weight excluding hydrogens is 461 g/mol. The second-order valence-electron chi connectivity index (χ2n) is 6.89. The van der Waals surface area contributed by atoms with Crippen molar-refractivity contribution in [3.63, 3.8) is 0 Å². The minimum absolute atomic E-state index is 0.140. The van der Waals surface area contributed by atoms with Crippen LogP contribution in [0.1, 0.15) is 0 Å². The molecule has 0 aliphatic carbocycles. The fraction of sp³-hybridized carbons (Fsp3) is 0.227. The number of hydrogen-bond donors (Lipinski definition) is 2. The molecule has 1 amide bonds. The van der Waals surface area contributed by atoms with Gasteiger partial charge in [-0.15, -0.1) is 0 Å². The van der Waals surface area contributed by atoms with Gasteiger partial charge in [-0.2, -0.15) is 11.8 Å². The summed E-state index contributed by atoms with van der Waals surface area (Å²) >= 11 is 5.46. The third-order valence-electron chi connectivity index (χ3n) is 4.73. The number of hydrogen-bond acceptors (Lipinski definition) is 6. The van der Waals surface area contributed by atoms with E-state index < -0.39 is 0 Å². The molecule has 1 saturated heterocycles. The second-order valence-corrected chi connectivity index (χ2v) is 9.03. The third kappa shape index (κ3) is 5.59. The number of nitrogens with one attached hydrogen (secondary N) is 2. The Morgan fingerprint density at radius 2 is 2.00 bits per heavy atom. The van der Waals surface area contributed by atoms with Crippen LogP contribution in [0.2, 0.25) is 0 Å². The molecule has 1 aromatic heterocycles. The third-order valence-corrected chi connectivity index (χ3v) is 6.16. The Kier molecular flexibility index (Phi) is 6.99. The lowest BCUT2D eigenvalue weighted by atomic mass is 10.00.